The van der Waals surface area contributed by atoms with Gasteiger partial charge >= 0.3 is 0 Å². The molecule has 166 valence electrons. The normalized spacial score (nSPS) is 12.8. The highest BCUT2D eigenvalue weighted by Gasteiger charge is 2.20. The predicted octanol–water partition coefficient (Wildman–Crippen LogP) is 5.28. The molecule has 0 saturated heterocycles. The molecule has 0 bridgehead atoms. The van der Waals surface area contributed by atoms with Crippen molar-refractivity contribution < 1.29 is 14.3 Å². The second kappa shape index (κ2) is 9.74. The zero-order valence-electron chi connectivity index (χ0n) is 18.4. The van der Waals surface area contributed by atoms with E-state index in [2.05, 4.69) is 18.2 Å². The van der Waals surface area contributed by atoms with Gasteiger partial charge in [0.2, 0.25) is 0 Å². The Kier molecular flexibility index (Phi) is 6.20. The lowest BCUT2D eigenvalue weighted by molar-refractivity contribution is 0.0742. The van der Waals surface area contributed by atoms with Crippen molar-refractivity contribution in [2.24, 2.45) is 0 Å². The maximum Gasteiger partial charge on any atom is 0.254 e. The van der Waals surface area contributed by atoms with Crippen LogP contribution < -0.4 is 9.47 Å². The number of nitrogens with zero attached hydrogens (tertiary/aromatic N) is 2. The highest BCUT2D eigenvalue weighted by Crippen LogP contribution is 2.31. The number of hydrogen-bond acceptors (Lipinski definition) is 4. The molecule has 2 heterocycles. The lowest BCUT2D eigenvalue weighted by atomic mass is 10.1. The summed E-state index contributed by atoms with van der Waals surface area (Å²) in [7, 11) is 0. The van der Waals surface area contributed by atoms with Crippen molar-refractivity contribution in [3.05, 3.63) is 102 Å². The molecular weight excluding hydrogens is 412 g/mol. The van der Waals surface area contributed by atoms with Gasteiger partial charge in [0.1, 0.15) is 0 Å². The number of fused-ring (bicyclic) bond motifs is 2. The highest BCUT2D eigenvalue weighted by atomic mass is 16.5. The zero-order chi connectivity index (χ0) is 22.5. The maximum absolute atomic E-state index is 13.6. The molecule has 33 heavy (non-hydrogen) atoms. The number of aromatic nitrogens is 1. The van der Waals surface area contributed by atoms with E-state index in [1.807, 2.05) is 65.6 Å². The Labute approximate surface area is 193 Å². The van der Waals surface area contributed by atoms with Crippen molar-refractivity contribution in [3.63, 3.8) is 0 Å². The third kappa shape index (κ3) is 4.98. The maximum atomic E-state index is 13.6. The average molecular weight is 439 g/mol. The van der Waals surface area contributed by atoms with E-state index < -0.39 is 0 Å². The van der Waals surface area contributed by atoms with E-state index in [1.54, 1.807) is 6.07 Å². The molecule has 5 heteroatoms. The van der Waals surface area contributed by atoms with Crippen molar-refractivity contribution in [3.8, 4) is 11.5 Å². The van der Waals surface area contributed by atoms with Gasteiger partial charge in [-0.1, -0.05) is 54.6 Å². The van der Waals surface area contributed by atoms with E-state index in [9.17, 15) is 4.79 Å². The van der Waals surface area contributed by atoms with Gasteiger partial charge < -0.3 is 14.4 Å². The first-order valence-electron chi connectivity index (χ1n) is 11.3. The molecule has 0 atom stereocenters. The average Bonchev–Trinajstić information content (AvgIpc) is 3.11. The molecule has 0 N–H and O–H groups in total. The zero-order valence-corrected chi connectivity index (χ0v) is 18.4. The molecule has 1 amide bonds. The SMILES string of the molecule is O=C(c1ccc2c(c1)OCCCO2)N(CCc1ccccc1)Cc1ccc2ccccc2n1. The fraction of sp³-hybridized carbons (Fsp3) is 0.214. The van der Waals surface area contributed by atoms with Gasteiger partial charge in [-0.15, -0.1) is 0 Å². The van der Waals surface area contributed by atoms with Crippen molar-refractivity contribution in [1.29, 1.82) is 0 Å². The Morgan fingerprint density at radius 1 is 0.848 bits per heavy atom. The lowest BCUT2D eigenvalue weighted by Crippen LogP contribution is -2.33. The quantitative estimate of drug-likeness (QED) is 0.411. The molecule has 0 fully saturated rings. The van der Waals surface area contributed by atoms with E-state index in [4.69, 9.17) is 14.5 Å². The predicted molar refractivity (Wildman–Crippen MR) is 129 cm³/mol. The van der Waals surface area contributed by atoms with Crippen LogP contribution in [-0.4, -0.2) is 35.5 Å². The lowest BCUT2D eigenvalue weighted by Gasteiger charge is -2.23. The van der Waals surface area contributed by atoms with Crippen LogP contribution in [0.3, 0.4) is 0 Å². The smallest absolute Gasteiger partial charge is 0.254 e. The fourth-order valence-electron chi connectivity index (χ4n) is 4.03. The third-order valence-electron chi connectivity index (χ3n) is 5.80. The van der Waals surface area contributed by atoms with Crippen LogP contribution in [0.2, 0.25) is 0 Å². The number of hydrogen-bond donors (Lipinski definition) is 0. The molecule has 1 aromatic heterocycles. The number of pyridine rings is 1. The molecule has 5 nitrogen and oxygen atoms in total. The van der Waals surface area contributed by atoms with Crippen molar-refractivity contribution in [1.82, 2.24) is 9.88 Å². The molecule has 1 aliphatic heterocycles. The van der Waals surface area contributed by atoms with Gasteiger partial charge in [0, 0.05) is 23.9 Å². The van der Waals surface area contributed by atoms with Crippen LogP contribution in [0.4, 0.5) is 0 Å². The Bertz CT molecular complexity index is 1260. The van der Waals surface area contributed by atoms with Crippen LogP contribution in [0.25, 0.3) is 10.9 Å². The van der Waals surface area contributed by atoms with E-state index >= 15 is 0 Å². The molecule has 0 saturated carbocycles. The van der Waals surface area contributed by atoms with Gasteiger partial charge in [-0.3, -0.25) is 9.78 Å². The first-order chi connectivity index (χ1) is 16.3. The Balaban J connectivity index is 1.42. The van der Waals surface area contributed by atoms with E-state index in [-0.39, 0.29) is 5.91 Å². The second-order valence-electron chi connectivity index (χ2n) is 8.17. The largest absolute Gasteiger partial charge is 0.490 e. The van der Waals surface area contributed by atoms with Crippen LogP contribution in [-0.2, 0) is 13.0 Å². The summed E-state index contributed by atoms with van der Waals surface area (Å²) < 4.78 is 11.5. The number of carbonyl (C=O) groups is 1. The van der Waals surface area contributed by atoms with Gasteiger partial charge in [-0.25, -0.2) is 0 Å². The second-order valence-corrected chi connectivity index (χ2v) is 8.17. The van der Waals surface area contributed by atoms with Gasteiger partial charge in [0.25, 0.3) is 5.91 Å². The van der Waals surface area contributed by atoms with Crippen LogP contribution in [0.15, 0.2) is 84.9 Å². The Morgan fingerprint density at radius 3 is 2.52 bits per heavy atom. The molecule has 0 radical (unpaired) electrons. The number of rotatable bonds is 6. The number of para-hydroxylation sites is 1. The summed E-state index contributed by atoms with van der Waals surface area (Å²) in [6.45, 7) is 2.23. The molecule has 4 aromatic rings. The van der Waals surface area contributed by atoms with Gasteiger partial charge in [-0.2, -0.15) is 0 Å². The van der Waals surface area contributed by atoms with Crippen LogP contribution >= 0.6 is 0 Å². The standard InChI is InChI=1S/C28H26N2O3/c31-28(23-12-14-26-27(19-23)33-18-6-17-32-26)30(16-15-21-7-2-1-3-8-21)20-24-13-11-22-9-4-5-10-25(22)29-24/h1-5,7-14,19H,6,15-18,20H2. The van der Waals surface area contributed by atoms with Crippen LogP contribution in [0.5, 0.6) is 11.5 Å². The Morgan fingerprint density at radius 2 is 1.64 bits per heavy atom. The fourth-order valence-corrected chi connectivity index (χ4v) is 4.03. The minimum atomic E-state index is -0.0449. The molecule has 3 aromatic carbocycles. The van der Waals surface area contributed by atoms with Gasteiger partial charge in [0.05, 0.1) is 31.0 Å². The summed E-state index contributed by atoms with van der Waals surface area (Å²) >= 11 is 0. The Hall–Kier alpha value is -3.86. The molecule has 5 rings (SSSR count). The summed E-state index contributed by atoms with van der Waals surface area (Å²) in [5, 5.41) is 1.09. The number of ether oxygens (including phenoxy) is 2. The van der Waals surface area contributed by atoms with Gasteiger partial charge in [0.15, 0.2) is 11.5 Å². The highest BCUT2D eigenvalue weighted by molar-refractivity contribution is 5.95. The topological polar surface area (TPSA) is 51.7 Å². The van der Waals surface area contributed by atoms with Crippen molar-refractivity contribution in [2.75, 3.05) is 19.8 Å². The minimum Gasteiger partial charge on any atom is -0.490 e. The summed E-state index contributed by atoms with van der Waals surface area (Å²) in [6, 6.07) is 27.8. The number of amides is 1. The first kappa shape index (κ1) is 21.0. The summed E-state index contributed by atoms with van der Waals surface area (Å²) in [5.74, 6) is 1.28. The van der Waals surface area contributed by atoms with E-state index in [0.717, 1.165) is 29.4 Å². The van der Waals surface area contributed by atoms with E-state index in [1.165, 1.54) is 5.56 Å². The third-order valence-corrected chi connectivity index (χ3v) is 5.80. The molecule has 0 spiro atoms. The molecule has 0 unspecified atom stereocenters. The molecular formula is C28H26N2O3. The number of benzene rings is 3. The van der Waals surface area contributed by atoms with Gasteiger partial charge in [-0.05, 0) is 42.3 Å². The summed E-state index contributed by atoms with van der Waals surface area (Å²) in [4.78, 5) is 20.3. The molecule has 0 aliphatic carbocycles. The first-order valence-corrected chi connectivity index (χ1v) is 11.3. The van der Waals surface area contributed by atoms with E-state index in [0.29, 0.717) is 43.4 Å². The minimum absolute atomic E-state index is 0.0449. The van der Waals surface area contributed by atoms with Crippen molar-refractivity contribution in [2.45, 2.75) is 19.4 Å². The van der Waals surface area contributed by atoms with Crippen LogP contribution in [0, 0.1) is 0 Å². The monoisotopic (exact) mass is 438 g/mol. The van der Waals surface area contributed by atoms with Crippen molar-refractivity contribution >= 4 is 16.8 Å². The summed E-state index contributed by atoms with van der Waals surface area (Å²) in [6.07, 6.45) is 1.60. The summed E-state index contributed by atoms with van der Waals surface area (Å²) in [5.41, 5.74) is 3.58. The van der Waals surface area contributed by atoms with Crippen LogP contribution in [0.1, 0.15) is 28.0 Å². The molecule has 1 aliphatic rings. The number of carbonyl (C=O) groups excluding carboxylic acids is 1.